The van der Waals surface area contributed by atoms with Crippen LogP contribution in [0.2, 0.25) is 0 Å². The van der Waals surface area contributed by atoms with E-state index in [4.69, 9.17) is 4.42 Å². The second kappa shape index (κ2) is 6.82. The Hall–Kier alpha value is -2.36. The standard InChI is InChI=1S/C19H20FNO2/c1-2-10-21(11-9-16-4-3-12-23-16)19(22)18-13-17(18)14-5-7-15(20)8-6-14/h2-8,12,17-18H,1,9-11,13H2/t17-,18-/m1/s1. The topological polar surface area (TPSA) is 33.5 Å². The highest BCUT2D eigenvalue weighted by Gasteiger charge is 2.45. The first-order valence-electron chi connectivity index (χ1n) is 7.86. The van der Waals surface area contributed by atoms with Gasteiger partial charge < -0.3 is 9.32 Å². The van der Waals surface area contributed by atoms with Gasteiger partial charge in [0.1, 0.15) is 11.6 Å². The Labute approximate surface area is 135 Å². The Morgan fingerprint density at radius 3 is 2.78 bits per heavy atom. The molecule has 120 valence electrons. The molecule has 2 aromatic rings. The van der Waals surface area contributed by atoms with Crippen LogP contribution in [-0.4, -0.2) is 23.9 Å². The van der Waals surface area contributed by atoms with Crippen LogP contribution in [0.15, 0.2) is 59.7 Å². The summed E-state index contributed by atoms with van der Waals surface area (Å²) < 4.78 is 18.3. The van der Waals surface area contributed by atoms with Gasteiger partial charge in [-0.25, -0.2) is 4.39 Å². The molecule has 1 heterocycles. The zero-order chi connectivity index (χ0) is 16.2. The Kier molecular flexibility index (Phi) is 4.60. The minimum atomic E-state index is -0.246. The van der Waals surface area contributed by atoms with E-state index in [1.807, 2.05) is 17.0 Å². The lowest BCUT2D eigenvalue weighted by atomic mass is 10.1. The van der Waals surface area contributed by atoms with Crippen LogP contribution in [0.4, 0.5) is 4.39 Å². The molecule has 4 heteroatoms. The van der Waals surface area contributed by atoms with Gasteiger partial charge in [-0.2, -0.15) is 0 Å². The molecule has 23 heavy (non-hydrogen) atoms. The van der Waals surface area contributed by atoms with E-state index in [1.54, 1.807) is 24.5 Å². The Bertz CT molecular complexity index is 663. The fraction of sp³-hybridized carbons (Fsp3) is 0.316. The number of hydrogen-bond acceptors (Lipinski definition) is 2. The van der Waals surface area contributed by atoms with E-state index < -0.39 is 0 Å². The third-order valence-corrected chi connectivity index (χ3v) is 4.28. The van der Waals surface area contributed by atoms with Gasteiger partial charge in [-0.1, -0.05) is 18.2 Å². The molecule has 2 atom stereocenters. The minimum absolute atomic E-state index is 0.00277. The van der Waals surface area contributed by atoms with Gasteiger partial charge in [0, 0.05) is 25.4 Å². The predicted molar refractivity (Wildman–Crippen MR) is 86.4 cm³/mol. The number of furan rings is 1. The number of amides is 1. The number of carbonyl (C=O) groups excluding carboxylic acids is 1. The van der Waals surface area contributed by atoms with Gasteiger partial charge in [0.25, 0.3) is 0 Å². The van der Waals surface area contributed by atoms with Crippen molar-refractivity contribution in [3.63, 3.8) is 0 Å². The number of benzene rings is 1. The molecule has 0 bridgehead atoms. The summed E-state index contributed by atoms with van der Waals surface area (Å²) in [5, 5.41) is 0. The molecule has 1 saturated carbocycles. The highest BCUT2D eigenvalue weighted by molar-refractivity contribution is 5.83. The van der Waals surface area contributed by atoms with E-state index in [2.05, 4.69) is 6.58 Å². The van der Waals surface area contributed by atoms with Crippen LogP contribution >= 0.6 is 0 Å². The largest absolute Gasteiger partial charge is 0.469 e. The van der Waals surface area contributed by atoms with Crippen LogP contribution in [0.1, 0.15) is 23.7 Å². The Morgan fingerprint density at radius 1 is 1.35 bits per heavy atom. The van der Waals surface area contributed by atoms with Crippen molar-refractivity contribution in [3.8, 4) is 0 Å². The molecule has 0 saturated heterocycles. The quantitative estimate of drug-likeness (QED) is 0.729. The monoisotopic (exact) mass is 313 g/mol. The zero-order valence-electron chi connectivity index (χ0n) is 13.0. The number of halogens is 1. The lowest BCUT2D eigenvalue weighted by Crippen LogP contribution is -2.34. The van der Waals surface area contributed by atoms with Gasteiger partial charge in [0.15, 0.2) is 0 Å². The molecule has 3 rings (SSSR count). The summed E-state index contributed by atoms with van der Waals surface area (Å²) in [5.74, 6) is 0.976. The summed E-state index contributed by atoms with van der Waals surface area (Å²) in [5.41, 5.74) is 1.04. The molecule has 3 nitrogen and oxygen atoms in total. The van der Waals surface area contributed by atoms with E-state index >= 15 is 0 Å². The van der Waals surface area contributed by atoms with E-state index in [0.29, 0.717) is 19.5 Å². The summed E-state index contributed by atoms with van der Waals surface area (Å²) in [4.78, 5) is 14.5. The maximum Gasteiger partial charge on any atom is 0.226 e. The first-order chi connectivity index (χ1) is 11.2. The highest BCUT2D eigenvalue weighted by Crippen LogP contribution is 2.48. The van der Waals surface area contributed by atoms with E-state index in [9.17, 15) is 9.18 Å². The van der Waals surface area contributed by atoms with E-state index in [1.165, 1.54) is 12.1 Å². The maximum atomic E-state index is 13.0. The highest BCUT2D eigenvalue weighted by atomic mass is 19.1. The third-order valence-electron chi connectivity index (χ3n) is 4.28. The van der Waals surface area contributed by atoms with Crippen molar-refractivity contribution >= 4 is 5.91 Å². The van der Waals surface area contributed by atoms with Crippen molar-refractivity contribution in [2.24, 2.45) is 5.92 Å². The number of hydrogen-bond donors (Lipinski definition) is 0. The van der Waals surface area contributed by atoms with Gasteiger partial charge in [-0.15, -0.1) is 6.58 Å². The molecule has 1 aliphatic carbocycles. The fourth-order valence-electron chi connectivity index (χ4n) is 2.93. The molecule has 0 unspecified atom stereocenters. The molecular formula is C19H20FNO2. The van der Waals surface area contributed by atoms with Gasteiger partial charge in [0.2, 0.25) is 5.91 Å². The number of nitrogens with zero attached hydrogens (tertiary/aromatic N) is 1. The van der Waals surface area contributed by atoms with Crippen molar-refractivity contribution in [3.05, 3.63) is 72.5 Å². The zero-order valence-corrected chi connectivity index (χ0v) is 13.0. The summed E-state index contributed by atoms with van der Waals surface area (Å²) in [6.45, 7) is 4.89. The second-order valence-electron chi connectivity index (χ2n) is 5.90. The minimum Gasteiger partial charge on any atom is -0.469 e. The average Bonchev–Trinajstić information content (AvgIpc) is 3.18. The predicted octanol–water partition coefficient (Wildman–Crippen LogP) is 3.78. The molecular weight excluding hydrogens is 293 g/mol. The molecule has 0 N–H and O–H groups in total. The molecule has 1 aromatic heterocycles. The second-order valence-corrected chi connectivity index (χ2v) is 5.90. The van der Waals surface area contributed by atoms with Gasteiger partial charge in [-0.05, 0) is 42.2 Å². The van der Waals surface area contributed by atoms with Crippen LogP contribution in [-0.2, 0) is 11.2 Å². The first kappa shape index (κ1) is 15.5. The molecule has 0 spiro atoms. The van der Waals surface area contributed by atoms with Crippen molar-refractivity contribution in [1.82, 2.24) is 4.90 Å². The fourth-order valence-corrected chi connectivity index (χ4v) is 2.93. The van der Waals surface area contributed by atoms with Crippen LogP contribution in [0.3, 0.4) is 0 Å². The lowest BCUT2D eigenvalue weighted by Gasteiger charge is -2.21. The van der Waals surface area contributed by atoms with Crippen molar-refractivity contribution in [1.29, 1.82) is 0 Å². The smallest absolute Gasteiger partial charge is 0.226 e. The van der Waals surface area contributed by atoms with Crippen molar-refractivity contribution < 1.29 is 13.6 Å². The summed E-state index contributed by atoms with van der Waals surface area (Å²) >= 11 is 0. The van der Waals surface area contributed by atoms with E-state index in [0.717, 1.165) is 17.7 Å². The summed E-state index contributed by atoms with van der Waals surface area (Å²) in [6, 6.07) is 10.2. The van der Waals surface area contributed by atoms with Gasteiger partial charge in [-0.3, -0.25) is 4.79 Å². The Balaban J connectivity index is 1.60. The molecule has 1 aromatic carbocycles. The van der Waals surface area contributed by atoms with Crippen LogP contribution < -0.4 is 0 Å². The molecule has 0 aliphatic heterocycles. The van der Waals surface area contributed by atoms with Crippen LogP contribution in [0, 0.1) is 11.7 Å². The molecule has 1 aliphatic rings. The number of rotatable bonds is 7. The Morgan fingerprint density at radius 2 is 2.13 bits per heavy atom. The average molecular weight is 313 g/mol. The molecule has 1 amide bonds. The van der Waals surface area contributed by atoms with E-state index in [-0.39, 0.29) is 23.6 Å². The SMILES string of the molecule is C=CCN(CCc1ccco1)C(=O)[C@@H]1C[C@@H]1c1ccc(F)cc1. The normalized spacial score (nSPS) is 19.3. The summed E-state index contributed by atoms with van der Waals surface area (Å²) in [7, 11) is 0. The van der Waals surface area contributed by atoms with Gasteiger partial charge >= 0.3 is 0 Å². The molecule has 0 radical (unpaired) electrons. The third kappa shape index (κ3) is 3.70. The van der Waals surface area contributed by atoms with Crippen molar-refractivity contribution in [2.45, 2.75) is 18.8 Å². The number of carbonyl (C=O) groups is 1. The first-order valence-corrected chi connectivity index (χ1v) is 7.86. The maximum absolute atomic E-state index is 13.0. The van der Waals surface area contributed by atoms with Crippen molar-refractivity contribution in [2.75, 3.05) is 13.1 Å². The molecule has 1 fully saturated rings. The van der Waals surface area contributed by atoms with Crippen LogP contribution in [0.5, 0.6) is 0 Å². The van der Waals surface area contributed by atoms with Gasteiger partial charge in [0.05, 0.1) is 6.26 Å². The summed E-state index contributed by atoms with van der Waals surface area (Å²) in [6.07, 6.45) is 4.91. The lowest BCUT2D eigenvalue weighted by molar-refractivity contribution is -0.132. The van der Waals surface area contributed by atoms with Crippen LogP contribution in [0.25, 0.3) is 0 Å².